The van der Waals surface area contributed by atoms with Gasteiger partial charge in [0.2, 0.25) is 0 Å². The van der Waals surface area contributed by atoms with Gasteiger partial charge in [0.25, 0.3) is 5.56 Å². The van der Waals surface area contributed by atoms with Crippen molar-refractivity contribution in [3.8, 4) is 11.1 Å². The molecular weight excluding hydrogens is 258 g/mol. The van der Waals surface area contributed by atoms with Gasteiger partial charge in [-0.15, -0.1) is 4.36 Å². The molecule has 0 atom stereocenters. The fourth-order valence-electron chi connectivity index (χ4n) is 1.49. The third kappa shape index (κ3) is 2.43. The molecule has 18 heavy (non-hydrogen) atoms. The highest BCUT2D eigenvalue weighted by atomic mass is 32.2. The SMILES string of the molecule is O=c1[nH]c(N=S(=O)=O)c(-c2ccccc2)c(=O)[nH]1. The molecule has 0 radical (unpaired) electrons. The highest BCUT2D eigenvalue weighted by molar-refractivity contribution is 7.61. The van der Waals surface area contributed by atoms with Crippen LogP contribution in [0.25, 0.3) is 11.1 Å². The Morgan fingerprint density at radius 1 is 1.00 bits per heavy atom. The normalized spacial score (nSPS) is 10.0. The van der Waals surface area contributed by atoms with Crippen molar-refractivity contribution >= 4 is 16.3 Å². The summed E-state index contributed by atoms with van der Waals surface area (Å²) in [5, 5.41) is 0. The van der Waals surface area contributed by atoms with Crippen molar-refractivity contribution < 1.29 is 8.42 Å². The average Bonchev–Trinajstić information content (AvgIpc) is 2.28. The molecule has 0 saturated heterocycles. The third-order valence-electron chi connectivity index (χ3n) is 2.15. The fourth-order valence-corrected chi connectivity index (χ4v) is 1.78. The molecule has 0 aliphatic heterocycles. The van der Waals surface area contributed by atoms with Crippen LogP contribution in [0.3, 0.4) is 0 Å². The van der Waals surface area contributed by atoms with Crippen molar-refractivity contribution in [3.63, 3.8) is 0 Å². The van der Waals surface area contributed by atoms with Crippen molar-refractivity contribution in [1.29, 1.82) is 0 Å². The van der Waals surface area contributed by atoms with E-state index < -0.39 is 21.7 Å². The first-order valence-corrected chi connectivity index (χ1v) is 5.84. The van der Waals surface area contributed by atoms with Crippen LogP contribution < -0.4 is 11.2 Å². The fraction of sp³-hybridized carbons (Fsp3) is 0. The average molecular weight is 265 g/mol. The summed E-state index contributed by atoms with van der Waals surface area (Å²) in [6.45, 7) is 0. The summed E-state index contributed by atoms with van der Waals surface area (Å²) in [6.07, 6.45) is 0. The second-order valence-electron chi connectivity index (χ2n) is 3.31. The molecule has 0 saturated carbocycles. The molecule has 92 valence electrons. The van der Waals surface area contributed by atoms with Crippen LogP contribution >= 0.6 is 0 Å². The summed E-state index contributed by atoms with van der Waals surface area (Å²) in [5.74, 6) is -0.289. The summed E-state index contributed by atoms with van der Waals surface area (Å²) in [7, 11) is -2.77. The molecule has 0 fully saturated rings. The summed E-state index contributed by atoms with van der Waals surface area (Å²) in [4.78, 5) is 27.0. The number of hydrogen-bond donors (Lipinski definition) is 2. The van der Waals surface area contributed by atoms with Gasteiger partial charge in [0, 0.05) is 0 Å². The lowest BCUT2D eigenvalue weighted by Crippen LogP contribution is -2.23. The number of hydrogen-bond acceptors (Lipinski definition) is 5. The van der Waals surface area contributed by atoms with Gasteiger partial charge < -0.3 is 0 Å². The van der Waals surface area contributed by atoms with E-state index >= 15 is 0 Å². The predicted molar refractivity (Wildman–Crippen MR) is 64.1 cm³/mol. The second-order valence-corrected chi connectivity index (χ2v) is 3.92. The molecule has 0 amide bonds. The lowest BCUT2D eigenvalue weighted by atomic mass is 10.1. The highest BCUT2D eigenvalue weighted by Gasteiger charge is 2.11. The van der Waals surface area contributed by atoms with Crippen LogP contribution in [0.15, 0.2) is 44.3 Å². The number of nitrogens with one attached hydrogen (secondary N) is 2. The Balaban J connectivity index is 2.86. The zero-order valence-corrected chi connectivity index (χ0v) is 9.69. The van der Waals surface area contributed by atoms with E-state index in [1.807, 2.05) is 4.98 Å². The van der Waals surface area contributed by atoms with Gasteiger partial charge in [-0.05, 0) is 5.56 Å². The summed E-state index contributed by atoms with van der Waals surface area (Å²) < 4.78 is 24.3. The Bertz CT molecular complexity index is 810. The largest absolute Gasteiger partial charge is 0.327 e. The number of H-pyrrole nitrogens is 2. The monoisotopic (exact) mass is 265 g/mol. The minimum atomic E-state index is -2.77. The Morgan fingerprint density at radius 3 is 2.28 bits per heavy atom. The van der Waals surface area contributed by atoms with Crippen LogP contribution in [-0.2, 0) is 10.5 Å². The van der Waals surface area contributed by atoms with Crippen LogP contribution in [0.1, 0.15) is 0 Å². The maximum atomic E-state index is 11.7. The smallest absolute Gasteiger partial charge is 0.290 e. The van der Waals surface area contributed by atoms with Crippen LogP contribution in [0, 0.1) is 0 Å². The number of nitrogens with zero attached hydrogens (tertiary/aromatic N) is 1. The lowest BCUT2D eigenvalue weighted by molar-refractivity contribution is 0.622. The minimum absolute atomic E-state index is 0.000556. The molecular formula is C10H7N3O4S. The first-order chi connectivity index (χ1) is 8.58. The van der Waals surface area contributed by atoms with Crippen molar-refractivity contribution in [2.45, 2.75) is 0 Å². The minimum Gasteiger partial charge on any atom is -0.290 e. The van der Waals surface area contributed by atoms with Crippen molar-refractivity contribution in [2.24, 2.45) is 4.36 Å². The number of aromatic amines is 2. The van der Waals surface area contributed by atoms with Gasteiger partial charge in [0.05, 0.1) is 5.56 Å². The van der Waals surface area contributed by atoms with Crippen LogP contribution in [0.2, 0.25) is 0 Å². The van der Waals surface area contributed by atoms with Crippen molar-refractivity contribution in [3.05, 3.63) is 51.2 Å². The zero-order chi connectivity index (χ0) is 13.1. The van der Waals surface area contributed by atoms with Crippen LogP contribution in [0.4, 0.5) is 5.82 Å². The van der Waals surface area contributed by atoms with E-state index in [1.165, 1.54) is 0 Å². The Hall–Kier alpha value is -2.48. The van der Waals surface area contributed by atoms with Gasteiger partial charge in [0.1, 0.15) is 0 Å². The molecule has 7 nitrogen and oxygen atoms in total. The third-order valence-corrected chi connectivity index (χ3v) is 2.48. The summed E-state index contributed by atoms with van der Waals surface area (Å²) >= 11 is 0. The molecule has 1 aromatic carbocycles. The maximum absolute atomic E-state index is 11.7. The Morgan fingerprint density at radius 2 is 1.67 bits per heavy atom. The van der Waals surface area contributed by atoms with Crippen LogP contribution in [0.5, 0.6) is 0 Å². The second kappa shape index (κ2) is 4.80. The topological polar surface area (TPSA) is 112 Å². The molecule has 2 rings (SSSR count). The first-order valence-electron chi connectivity index (χ1n) is 4.81. The molecule has 2 N–H and O–H groups in total. The van der Waals surface area contributed by atoms with Gasteiger partial charge >= 0.3 is 16.2 Å². The molecule has 1 aromatic heterocycles. The van der Waals surface area contributed by atoms with E-state index in [1.54, 1.807) is 30.3 Å². The molecule has 2 aromatic rings. The highest BCUT2D eigenvalue weighted by Crippen LogP contribution is 2.22. The lowest BCUT2D eigenvalue weighted by Gasteiger charge is -2.01. The summed E-state index contributed by atoms with van der Waals surface area (Å²) in [5.41, 5.74) is -1.06. The number of benzene rings is 1. The predicted octanol–water partition coefficient (Wildman–Crippen LogP) is 0.424. The standard InChI is InChI=1S/C10H7N3O4S/c14-9-7(6-4-2-1-3-5-6)8(13-18(16)17)11-10(15)12-9/h1-5H,(H2,11,12,14,15). The van der Waals surface area contributed by atoms with E-state index in [2.05, 4.69) is 9.35 Å². The van der Waals surface area contributed by atoms with Gasteiger partial charge in [-0.3, -0.25) is 14.8 Å². The van der Waals surface area contributed by atoms with Crippen molar-refractivity contribution in [2.75, 3.05) is 0 Å². The first kappa shape index (κ1) is 12.0. The van der Waals surface area contributed by atoms with Crippen molar-refractivity contribution in [1.82, 2.24) is 9.97 Å². The quantitative estimate of drug-likeness (QED) is 0.819. The van der Waals surface area contributed by atoms with E-state index in [0.29, 0.717) is 5.56 Å². The molecule has 0 aliphatic rings. The number of aromatic nitrogens is 2. The van der Waals surface area contributed by atoms with Gasteiger partial charge in [-0.25, -0.2) is 4.79 Å². The van der Waals surface area contributed by atoms with Gasteiger partial charge in [0.15, 0.2) is 5.82 Å². The Kier molecular flexibility index (Phi) is 3.20. The molecule has 1 heterocycles. The Labute approximate surface area is 102 Å². The molecule has 8 heteroatoms. The molecule has 0 bridgehead atoms. The zero-order valence-electron chi connectivity index (χ0n) is 8.88. The summed E-state index contributed by atoms with van der Waals surface area (Å²) in [6, 6.07) is 8.31. The van der Waals surface area contributed by atoms with E-state index in [0.717, 1.165) is 0 Å². The van der Waals surface area contributed by atoms with Crippen LogP contribution in [-0.4, -0.2) is 18.4 Å². The van der Waals surface area contributed by atoms with Gasteiger partial charge in [-0.2, -0.15) is 8.42 Å². The maximum Gasteiger partial charge on any atom is 0.327 e. The van der Waals surface area contributed by atoms with Gasteiger partial charge in [-0.1, -0.05) is 30.3 Å². The molecule has 0 unspecified atom stereocenters. The van der Waals surface area contributed by atoms with E-state index in [4.69, 9.17) is 0 Å². The molecule has 0 aliphatic carbocycles. The van der Waals surface area contributed by atoms with E-state index in [9.17, 15) is 18.0 Å². The number of rotatable bonds is 2. The molecule has 0 spiro atoms. The van der Waals surface area contributed by atoms with E-state index in [-0.39, 0.29) is 11.4 Å².